The van der Waals surface area contributed by atoms with Gasteiger partial charge in [-0.3, -0.25) is 24.6 Å². The summed E-state index contributed by atoms with van der Waals surface area (Å²) in [7, 11) is 1.53. The molecular weight excluding hydrogens is 272 g/mol. The van der Waals surface area contributed by atoms with E-state index in [9.17, 15) is 14.4 Å². The van der Waals surface area contributed by atoms with Gasteiger partial charge in [0.15, 0.2) is 5.78 Å². The third kappa shape index (κ3) is 3.46. The Morgan fingerprint density at radius 2 is 2.19 bits per heavy atom. The standard InChI is InChI=1S/C15H18N2O4/c1-3-12-15(20)16-14(19)9-17(12)8-13(18)10-5-4-6-11(7-10)21-2/h4-7,12H,3,8-9H2,1-2H3,(H,16,19,20). The summed E-state index contributed by atoms with van der Waals surface area (Å²) in [4.78, 5) is 37.1. The van der Waals surface area contributed by atoms with Gasteiger partial charge in [-0.15, -0.1) is 0 Å². The highest BCUT2D eigenvalue weighted by atomic mass is 16.5. The highest BCUT2D eigenvalue weighted by Crippen LogP contribution is 2.15. The summed E-state index contributed by atoms with van der Waals surface area (Å²) in [5.41, 5.74) is 0.502. The Morgan fingerprint density at radius 3 is 2.86 bits per heavy atom. The van der Waals surface area contributed by atoms with E-state index in [4.69, 9.17) is 4.74 Å². The van der Waals surface area contributed by atoms with Gasteiger partial charge in [0.25, 0.3) is 0 Å². The van der Waals surface area contributed by atoms with Crippen molar-refractivity contribution < 1.29 is 19.1 Å². The van der Waals surface area contributed by atoms with Crippen molar-refractivity contribution in [3.63, 3.8) is 0 Å². The Kier molecular flexibility index (Phi) is 4.70. The van der Waals surface area contributed by atoms with Crippen LogP contribution in [0.4, 0.5) is 0 Å². The molecule has 1 fully saturated rings. The molecule has 0 bridgehead atoms. The number of piperazine rings is 1. The molecule has 0 saturated carbocycles. The predicted molar refractivity (Wildman–Crippen MR) is 76.1 cm³/mol. The van der Waals surface area contributed by atoms with Crippen LogP contribution in [0.5, 0.6) is 5.75 Å². The second-order valence-corrected chi connectivity index (χ2v) is 4.90. The molecule has 6 nitrogen and oxygen atoms in total. The zero-order valence-corrected chi connectivity index (χ0v) is 12.1. The first-order chi connectivity index (χ1) is 10.0. The average Bonchev–Trinajstić information content (AvgIpc) is 2.47. The molecule has 1 heterocycles. The number of ketones is 1. The van der Waals surface area contributed by atoms with Crippen LogP contribution in [-0.4, -0.2) is 48.7 Å². The molecule has 1 aliphatic heterocycles. The molecule has 1 unspecified atom stereocenters. The van der Waals surface area contributed by atoms with Crippen LogP contribution in [0, 0.1) is 0 Å². The van der Waals surface area contributed by atoms with Crippen molar-refractivity contribution in [3.8, 4) is 5.75 Å². The van der Waals surface area contributed by atoms with Crippen molar-refractivity contribution in [2.24, 2.45) is 0 Å². The first-order valence-corrected chi connectivity index (χ1v) is 6.80. The number of benzene rings is 1. The van der Waals surface area contributed by atoms with Crippen molar-refractivity contribution in [1.82, 2.24) is 10.2 Å². The highest BCUT2D eigenvalue weighted by Gasteiger charge is 2.33. The molecule has 21 heavy (non-hydrogen) atoms. The summed E-state index contributed by atoms with van der Waals surface area (Å²) >= 11 is 0. The molecule has 0 aliphatic carbocycles. The van der Waals surface area contributed by atoms with Crippen LogP contribution in [-0.2, 0) is 9.59 Å². The Bertz CT molecular complexity index is 571. The maximum Gasteiger partial charge on any atom is 0.243 e. The van der Waals surface area contributed by atoms with Crippen LogP contribution in [0.25, 0.3) is 0 Å². The minimum absolute atomic E-state index is 0.0326. The Balaban J connectivity index is 2.13. The minimum atomic E-state index is -0.447. The van der Waals surface area contributed by atoms with E-state index in [1.165, 1.54) is 7.11 Å². The van der Waals surface area contributed by atoms with Gasteiger partial charge in [0.1, 0.15) is 5.75 Å². The van der Waals surface area contributed by atoms with Gasteiger partial charge < -0.3 is 4.74 Å². The van der Waals surface area contributed by atoms with Crippen LogP contribution in [0.15, 0.2) is 24.3 Å². The van der Waals surface area contributed by atoms with E-state index < -0.39 is 6.04 Å². The van der Waals surface area contributed by atoms with Crippen molar-refractivity contribution in [1.29, 1.82) is 0 Å². The van der Waals surface area contributed by atoms with Crippen molar-refractivity contribution >= 4 is 17.6 Å². The van der Waals surface area contributed by atoms with E-state index in [0.717, 1.165) is 0 Å². The maximum atomic E-state index is 12.3. The van der Waals surface area contributed by atoms with Gasteiger partial charge in [-0.25, -0.2) is 0 Å². The molecule has 1 saturated heterocycles. The molecular formula is C15H18N2O4. The number of nitrogens with zero attached hydrogens (tertiary/aromatic N) is 1. The molecule has 112 valence electrons. The number of methoxy groups -OCH3 is 1. The van der Waals surface area contributed by atoms with Crippen molar-refractivity contribution in [2.75, 3.05) is 20.2 Å². The number of hydrogen-bond acceptors (Lipinski definition) is 5. The molecule has 1 aromatic rings. The smallest absolute Gasteiger partial charge is 0.243 e. The van der Waals surface area contributed by atoms with E-state index in [1.807, 2.05) is 6.92 Å². The first kappa shape index (κ1) is 15.2. The van der Waals surface area contributed by atoms with Gasteiger partial charge in [-0.2, -0.15) is 0 Å². The van der Waals surface area contributed by atoms with Crippen LogP contribution < -0.4 is 10.1 Å². The Morgan fingerprint density at radius 1 is 1.43 bits per heavy atom. The lowest BCUT2D eigenvalue weighted by atomic mass is 10.1. The zero-order valence-electron chi connectivity index (χ0n) is 12.1. The molecule has 0 spiro atoms. The summed E-state index contributed by atoms with van der Waals surface area (Å²) in [5.74, 6) is -0.259. The molecule has 2 amide bonds. The second kappa shape index (κ2) is 6.49. The third-order valence-corrected chi connectivity index (χ3v) is 3.48. The number of rotatable bonds is 5. The second-order valence-electron chi connectivity index (χ2n) is 4.90. The number of carbonyl (C=O) groups excluding carboxylic acids is 3. The fraction of sp³-hybridized carbons (Fsp3) is 0.400. The van der Waals surface area contributed by atoms with E-state index in [-0.39, 0.29) is 30.7 Å². The largest absolute Gasteiger partial charge is 0.497 e. The molecule has 1 aliphatic rings. The summed E-state index contributed by atoms with van der Waals surface area (Å²) in [6.45, 7) is 1.94. The maximum absolute atomic E-state index is 12.3. The van der Waals surface area contributed by atoms with Crippen LogP contribution in [0.1, 0.15) is 23.7 Å². The summed E-state index contributed by atoms with van der Waals surface area (Å²) in [6, 6.07) is 6.38. The summed E-state index contributed by atoms with van der Waals surface area (Å²) < 4.78 is 5.09. The number of ether oxygens (including phenoxy) is 1. The van der Waals surface area contributed by atoms with Gasteiger partial charge in [-0.05, 0) is 18.6 Å². The number of hydrogen-bond donors (Lipinski definition) is 1. The monoisotopic (exact) mass is 290 g/mol. The van der Waals surface area contributed by atoms with Gasteiger partial charge in [0.2, 0.25) is 11.8 Å². The van der Waals surface area contributed by atoms with E-state index in [2.05, 4.69) is 5.32 Å². The molecule has 1 aromatic carbocycles. The van der Waals surface area contributed by atoms with E-state index >= 15 is 0 Å². The van der Waals surface area contributed by atoms with Crippen LogP contribution in [0.2, 0.25) is 0 Å². The minimum Gasteiger partial charge on any atom is -0.497 e. The molecule has 2 rings (SSSR count). The number of nitrogens with one attached hydrogen (secondary N) is 1. The normalized spacial score (nSPS) is 19.2. The number of amides is 2. The van der Waals surface area contributed by atoms with Gasteiger partial charge in [0, 0.05) is 5.56 Å². The third-order valence-electron chi connectivity index (χ3n) is 3.48. The summed E-state index contributed by atoms with van der Waals surface area (Å²) in [5, 5.41) is 2.29. The van der Waals surface area contributed by atoms with Gasteiger partial charge >= 0.3 is 0 Å². The predicted octanol–water partition coefficient (Wildman–Crippen LogP) is 0.615. The molecule has 0 radical (unpaired) electrons. The topological polar surface area (TPSA) is 75.7 Å². The van der Waals surface area contributed by atoms with Gasteiger partial charge in [0.05, 0.1) is 26.2 Å². The molecule has 1 atom stereocenters. The van der Waals surface area contributed by atoms with E-state index in [1.54, 1.807) is 29.2 Å². The quantitative estimate of drug-likeness (QED) is 0.635. The number of Topliss-reactive ketones (excluding diaryl/α,β-unsaturated/α-hetero) is 1. The molecule has 1 N–H and O–H groups in total. The number of imide groups is 1. The van der Waals surface area contributed by atoms with E-state index in [0.29, 0.717) is 17.7 Å². The molecule has 0 aromatic heterocycles. The zero-order chi connectivity index (χ0) is 15.4. The first-order valence-electron chi connectivity index (χ1n) is 6.80. The fourth-order valence-electron chi connectivity index (χ4n) is 2.40. The molecule has 6 heteroatoms. The lowest BCUT2D eigenvalue weighted by molar-refractivity contribution is -0.139. The Labute approximate surface area is 123 Å². The fourth-order valence-corrected chi connectivity index (χ4v) is 2.40. The number of carbonyl (C=O) groups is 3. The lowest BCUT2D eigenvalue weighted by Gasteiger charge is -2.32. The summed E-state index contributed by atoms with van der Waals surface area (Å²) in [6.07, 6.45) is 0.546. The van der Waals surface area contributed by atoms with Gasteiger partial charge in [-0.1, -0.05) is 19.1 Å². The Hall–Kier alpha value is -2.21. The van der Waals surface area contributed by atoms with Crippen molar-refractivity contribution in [2.45, 2.75) is 19.4 Å². The van der Waals surface area contributed by atoms with Crippen LogP contribution in [0.3, 0.4) is 0 Å². The SMILES string of the molecule is CCC1C(=O)NC(=O)CN1CC(=O)c1cccc(OC)c1. The van der Waals surface area contributed by atoms with Crippen LogP contribution >= 0.6 is 0 Å². The average molecular weight is 290 g/mol. The highest BCUT2D eigenvalue weighted by molar-refractivity contribution is 6.03. The lowest BCUT2D eigenvalue weighted by Crippen LogP contribution is -2.58. The van der Waals surface area contributed by atoms with Crippen molar-refractivity contribution in [3.05, 3.63) is 29.8 Å².